The van der Waals surface area contributed by atoms with Crippen LogP contribution in [-0.4, -0.2) is 72.5 Å². The van der Waals surface area contributed by atoms with Crippen molar-refractivity contribution >= 4 is 40.9 Å². The van der Waals surface area contributed by atoms with Gasteiger partial charge in [0.05, 0.1) is 24.3 Å². The van der Waals surface area contributed by atoms with Crippen LogP contribution in [0.15, 0.2) is 18.2 Å². The van der Waals surface area contributed by atoms with Crippen LogP contribution in [0.4, 0.5) is 5.69 Å². The van der Waals surface area contributed by atoms with E-state index < -0.39 is 41.5 Å². The number of rotatable bonds is 7. The molecule has 3 heterocycles. The van der Waals surface area contributed by atoms with E-state index in [1.54, 1.807) is 23.1 Å². The number of nitrogens with one attached hydrogen (secondary N) is 3. The highest BCUT2D eigenvalue weighted by atomic mass is 35.5. The number of carbonyl (C=O) groups excluding carboxylic acids is 4. The van der Waals surface area contributed by atoms with Gasteiger partial charge in [-0.15, -0.1) is 0 Å². The topological polar surface area (TPSA) is 150 Å². The van der Waals surface area contributed by atoms with Gasteiger partial charge in [-0.1, -0.05) is 46.2 Å². The molecule has 226 valence electrons. The van der Waals surface area contributed by atoms with Crippen LogP contribution in [0.5, 0.6) is 5.75 Å². The minimum atomic E-state index is -1.04. The Morgan fingerprint density at radius 3 is 2.62 bits per heavy atom. The first-order valence-corrected chi connectivity index (χ1v) is 14.8. The SMILES string of the molecule is CC(C)(C)[C@H](NC(=O)C1CCOC1)C(=O)N1C[C@H]2[C@@H]([C@H]1C(=O)N[C@H](C#N)C[C@@H]1Oc3ccc(Cl)cc3NC1=O)C2(C)C. The van der Waals surface area contributed by atoms with Crippen molar-refractivity contribution in [3.05, 3.63) is 23.2 Å². The number of fused-ring (bicyclic) bond motifs is 2. The fraction of sp³-hybridized carbons (Fsp3) is 0.633. The lowest BCUT2D eigenvalue weighted by atomic mass is 9.84. The molecule has 4 aliphatic rings. The zero-order chi connectivity index (χ0) is 30.6. The molecule has 3 fully saturated rings. The number of likely N-dealkylation sites (tertiary alicyclic amines) is 1. The highest BCUT2D eigenvalue weighted by Crippen LogP contribution is 2.65. The summed E-state index contributed by atoms with van der Waals surface area (Å²) in [6, 6.07) is 4.21. The summed E-state index contributed by atoms with van der Waals surface area (Å²) in [6.07, 6.45) is -0.491. The van der Waals surface area contributed by atoms with Crippen molar-refractivity contribution in [3.8, 4) is 11.8 Å². The van der Waals surface area contributed by atoms with E-state index in [0.29, 0.717) is 42.6 Å². The lowest BCUT2D eigenvalue weighted by Crippen LogP contribution is -2.60. The summed E-state index contributed by atoms with van der Waals surface area (Å²) in [7, 11) is 0. The molecule has 3 aliphatic heterocycles. The molecule has 12 heteroatoms. The highest BCUT2D eigenvalue weighted by molar-refractivity contribution is 6.31. The van der Waals surface area contributed by atoms with Crippen LogP contribution < -0.4 is 20.7 Å². The van der Waals surface area contributed by atoms with Crippen molar-refractivity contribution in [1.82, 2.24) is 15.5 Å². The second-order valence-corrected chi connectivity index (χ2v) is 13.9. The normalized spacial score (nSPS) is 28.7. The van der Waals surface area contributed by atoms with Gasteiger partial charge in [-0.2, -0.15) is 5.26 Å². The van der Waals surface area contributed by atoms with E-state index in [0.717, 1.165) is 0 Å². The number of amides is 4. The summed E-state index contributed by atoms with van der Waals surface area (Å²) in [4.78, 5) is 55.1. The van der Waals surface area contributed by atoms with Crippen molar-refractivity contribution in [2.45, 2.75) is 71.7 Å². The van der Waals surface area contributed by atoms with Crippen LogP contribution in [0, 0.1) is 39.9 Å². The number of ether oxygens (including phenoxy) is 2. The van der Waals surface area contributed by atoms with Crippen molar-refractivity contribution in [2.75, 3.05) is 25.1 Å². The summed E-state index contributed by atoms with van der Waals surface area (Å²) < 4.78 is 11.2. The number of piperidine rings is 1. The van der Waals surface area contributed by atoms with Crippen LogP contribution in [-0.2, 0) is 23.9 Å². The number of nitrogens with zero attached hydrogens (tertiary/aromatic N) is 2. The first-order valence-electron chi connectivity index (χ1n) is 14.4. The van der Waals surface area contributed by atoms with Crippen LogP contribution >= 0.6 is 11.6 Å². The van der Waals surface area contributed by atoms with E-state index in [-0.39, 0.29) is 41.4 Å². The van der Waals surface area contributed by atoms with E-state index >= 15 is 0 Å². The molecule has 0 bridgehead atoms. The number of hydrogen-bond donors (Lipinski definition) is 3. The number of nitriles is 1. The van der Waals surface area contributed by atoms with Crippen molar-refractivity contribution in [1.29, 1.82) is 5.26 Å². The molecule has 0 spiro atoms. The van der Waals surface area contributed by atoms with E-state index in [9.17, 15) is 24.4 Å². The molecule has 5 rings (SSSR count). The van der Waals surface area contributed by atoms with Gasteiger partial charge < -0.3 is 30.3 Å². The molecule has 1 unspecified atom stereocenters. The fourth-order valence-corrected chi connectivity index (χ4v) is 6.69. The monoisotopic (exact) mass is 599 g/mol. The molecule has 1 aliphatic carbocycles. The van der Waals surface area contributed by atoms with Gasteiger partial charge in [-0.05, 0) is 47.3 Å². The third-order valence-electron chi connectivity index (χ3n) is 9.14. The van der Waals surface area contributed by atoms with E-state index in [1.165, 1.54) is 0 Å². The minimum absolute atomic E-state index is 0.0849. The molecule has 3 N–H and O–H groups in total. The number of anilines is 1. The Labute approximate surface area is 250 Å². The number of hydrogen-bond acceptors (Lipinski definition) is 7. The Morgan fingerprint density at radius 1 is 1.24 bits per heavy atom. The summed E-state index contributed by atoms with van der Waals surface area (Å²) >= 11 is 6.00. The Bertz CT molecular complexity index is 1330. The largest absolute Gasteiger partial charge is 0.478 e. The predicted octanol–water partition coefficient (Wildman–Crippen LogP) is 2.49. The molecule has 2 saturated heterocycles. The molecule has 4 amide bonds. The molecule has 42 heavy (non-hydrogen) atoms. The maximum Gasteiger partial charge on any atom is 0.265 e. The van der Waals surface area contributed by atoms with Gasteiger partial charge in [0.25, 0.3) is 5.91 Å². The Hall–Kier alpha value is -3.36. The maximum absolute atomic E-state index is 14.0. The summed E-state index contributed by atoms with van der Waals surface area (Å²) in [5.74, 6) is -1.33. The average Bonchev–Trinajstić information content (AvgIpc) is 3.37. The quantitative estimate of drug-likeness (QED) is 0.436. The van der Waals surface area contributed by atoms with Crippen molar-refractivity contribution in [3.63, 3.8) is 0 Å². The van der Waals surface area contributed by atoms with Gasteiger partial charge in [-0.25, -0.2) is 0 Å². The standard InChI is InChI=1S/C30H38ClN5O6/c1-29(2,3)24(35-25(37)15-8-9-41-14-15)28(40)36-13-18-22(30(18,4)5)23(36)27(39)33-17(12-32)11-21-26(38)34-19-10-16(31)6-7-20(19)42-21/h6-7,10,15,17-18,21-24H,8-9,11,13-14H2,1-5H3,(H,33,39)(H,34,38)(H,35,37)/t15?,17-,18-,21-,22-,23-,24+/m0/s1. The van der Waals surface area contributed by atoms with Crippen LogP contribution in [0.25, 0.3) is 0 Å². The summed E-state index contributed by atoms with van der Waals surface area (Å²) in [6.45, 7) is 11.0. The summed E-state index contributed by atoms with van der Waals surface area (Å²) in [5, 5.41) is 18.8. The molecular formula is C30H38ClN5O6. The lowest BCUT2D eigenvalue weighted by molar-refractivity contribution is -0.146. The Kier molecular flexibility index (Phi) is 7.92. The van der Waals surface area contributed by atoms with Crippen LogP contribution in [0.3, 0.4) is 0 Å². The zero-order valence-corrected chi connectivity index (χ0v) is 25.3. The molecular weight excluding hydrogens is 562 g/mol. The van der Waals surface area contributed by atoms with Crippen LogP contribution in [0.2, 0.25) is 5.02 Å². The Morgan fingerprint density at radius 2 is 1.98 bits per heavy atom. The van der Waals surface area contributed by atoms with Crippen molar-refractivity contribution < 1.29 is 28.7 Å². The second-order valence-electron chi connectivity index (χ2n) is 13.4. The van der Waals surface area contributed by atoms with Crippen molar-refractivity contribution in [2.24, 2.45) is 28.6 Å². The number of benzene rings is 1. The molecule has 0 radical (unpaired) electrons. The first-order chi connectivity index (χ1) is 19.7. The van der Waals surface area contributed by atoms with Gasteiger partial charge >= 0.3 is 0 Å². The smallest absolute Gasteiger partial charge is 0.265 e. The average molecular weight is 600 g/mol. The number of halogens is 1. The molecule has 7 atom stereocenters. The zero-order valence-electron chi connectivity index (χ0n) is 24.5. The lowest BCUT2D eigenvalue weighted by Gasteiger charge is -2.38. The fourth-order valence-electron chi connectivity index (χ4n) is 6.52. The molecule has 1 aromatic rings. The Balaban J connectivity index is 1.30. The van der Waals surface area contributed by atoms with Gasteiger partial charge in [0.1, 0.15) is 23.9 Å². The predicted molar refractivity (Wildman–Crippen MR) is 153 cm³/mol. The van der Waals surface area contributed by atoms with Gasteiger partial charge in [-0.3, -0.25) is 19.2 Å². The van der Waals surface area contributed by atoms with Gasteiger partial charge in [0.2, 0.25) is 17.7 Å². The maximum atomic E-state index is 14.0. The van der Waals surface area contributed by atoms with E-state index in [1.807, 2.05) is 20.8 Å². The minimum Gasteiger partial charge on any atom is -0.478 e. The third-order valence-corrected chi connectivity index (χ3v) is 9.38. The molecule has 1 saturated carbocycles. The molecule has 0 aromatic heterocycles. The molecule has 11 nitrogen and oxygen atoms in total. The van der Waals surface area contributed by atoms with E-state index in [2.05, 4.69) is 35.9 Å². The third kappa shape index (κ3) is 5.66. The molecule has 1 aromatic carbocycles. The second kappa shape index (κ2) is 11.0. The number of carbonyl (C=O) groups is 4. The highest BCUT2D eigenvalue weighted by Gasteiger charge is 2.69. The van der Waals surface area contributed by atoms with Gasteiger partial charge in [0.15, 0.2) is 6.10 Å². The van der Waals surface area contributed by atoms with Gasteiger partial charge in [0, 0.05) is 24.6 Å². The summed E-state index contributed by atoms with van der Waals surface area (Å²) in [5.41, 5.74) is -0.332. The first kappa shape index (κ1) is 30.1. The van der Waals surface area contributed by atoms with Crippen LogP contribution in [0.1, 0.15) is 47.5 Å². The van der Waals surface area contributed by atoms with E-state index in [4.69, 9.17) is 21.1 Å².